The summed E-state index contributed by atoms with van der Waals surface area (Å²) in [5, 5.41) is 3.18. The molecule has 2 fully saturated rings. The molecule has 110 valence electrons. The third-order valence-corrected chi connectivity index (χ3v) is 4.99. The smallest absolute Gasteiger partial charge is 0.223 e. The molecule has 1 atom stereocenters. The molecule has 2 aliphatic rings. The number of rotatable bonds is 4. The van der Waals surface area contributed by atoms with Gasteiger partial charge in [-0.25, -0.2) is 0 Å². The van der Waals surface area contributed by atoms with Gasteiger partial charge in [0, 0.05) is 18.5 Å². The maximum Gasteiger partial charge on any atom is 0.223 e. The molecule has 3 nitrogen and oxygen atoms in total. The van der Waals surface area contributed by atoms with E-state index in [1.807, 2.05) is 0 Å². The SMILES string of the molecule is CC1CCN(C(C)CNC(=O)C2CCCCC2)CC1. The highest BCUT2D eigenvalue weighted by Crippen LogP contribution is 2.23. The summed E-state index contributed by atoms with van der Waals surface area (Å²) in [7, 11) is 0. The molecule has 1 aliphatic carbocycles. The van der Waals surface area contributed by atoms with E-state index in [1.54, 1.807) is 0 Å². The van der Waals surface area contributed by atoms with Gasteiger partial charge in [0.2, 0.25) is 5.91 Å². The summed E-state index contributed by atoms with van der Waals surface area (Å²) in [5.74, 6) is 1.47. The summed E-state index contributed by atoms with van der Waals surface area (Å²) in [4.78, 5) is 14.6. The molecule has 1 aliphatic heterocycles. The molecular weight excluding hydrogens is 236 g/mol. The Morgan fingerprint density at radius 1 is 1.16 bits per heavy atom. The minimum absolute atomic E-state index is 0.294. The van der Waals surface area contributed by atoms with Crippen LogP contribution in [0.5, 0.6) is 0 Å². The predicted octanol–water partition coefficient (Wildman–Crippen LogP) is 2.80. The van der Waals surface area contributed by atoms with Crippen LogP contribution in [-0.4, -0.2) is 36.5 Å². The molecule has 1 heterocycles. The number of likely N-dealkylation sites (tertiary alicyclic amines) is 1. The molecule has 1 unspecified atom stereocenters. The molecule has 0 aromatic carbocycles. The second-order valence-electron chi connectivity index (χ2n) is 6.65. The summed E-state index contributed by atoms with van der Waals surface area (Å²) in [6, 6.07) is 0.486. The molecule has 0 radical (unpaired) electrons. The van der Waals surface area contributed by atoms with Gasteiger partial charge in [0.05, 0.1) is 0 Å². The van der Waals surface area contributed by atoms with Crippen molar-refractivity contribution in [2.75, 3.05) is 19.6 Å². The van der Waals surface area contributed by atoms with Crippen LogP contribution in [0.1, 0.15) is 58.8 Å². The number of hydrogen-bond donors (Lipinski definition) is 1. The van der Waals surface area contributed by atoms with Crippen molar-refractivity contribution >= 4 is 5.91 Å². The molecule has 2 rings (SSSR count). The third kappa shape index (κ3) is 4.48. The van der Waals surface area contributed by atoms with Crippen LogP contribution in [0.2, 0.25) is 0 Å². The fraction of sp³-hybridized carbons (Fsp3) is 0.938. The highest BCUT2D eigenvalue weighted by atomic mass is 16.1. The van der Waals surface area contributed by atoms with Crippen molar-refractivity contribution in [3.05, 3.63) is 0 Å². The Morgan fingerprint density at radius 3 is 2.42 bits per heavy atom. The van der Waals surface area contributed by atoms with Crippen molar-refractivity contribution in [2.24, 2.45) is 11.8 Å². The quantitative estimate of drug-likeness (QED) is 0.848. The van der Waals surface area contributed by atoms with Crippen molar-refractivity contribution in [1.82, 2.24) is 10.2 Å². The van der Waals surface area contributed by atoms with Gasteiger partial charge in [0.15, 0.2) is 0 Å². The van der Waals surface area contributed by atoms with Gasteiger partial charge < -0.3 is 5.32 Å². The average molecular weight is 266 g/mol. The van der Waals surface area contributed by atoms with E-state index < -0.39 is 0 Å². The van der Waals surface area contributed by atoms with Crippen LogP contribution in [0.15, 0.2) is 0 Å². The number of nitrogens with zero attached hydrogens (tertiary/aromatic N) is 1. The third-order valence-electron chi connectivity index (χ3n) is 4.99. The Bertz CT molecular complexity index is 278. The Morgan fingerprint density at radius 2 is 1.79 bits per heavy atom. The number of piperidine rings is 1. The first kappa shape index (κ1) is 14.8. The normalized spacial score (nSPS) is 25.2. The first-order chi connectivity index (χ1) is 9.16. The van der Waals surface area contributed by atoms with Gasteiger partial charge in [0.25, 0.3) is 0 Å². The number of nitrogens with one attached hydrogen (secondary N) is 1. The summed E-state index contributed by atoms with van der Waals surface area (Å²) < 4.78 is 0. The van der Waals surface area contributed by atoms with E-state index in [9.17, 15) is 4.79 Å². The van der Waals surface area contributed by atoms with Gasteiger partial charge in [-0.3, -0.25) is 9.69 Å². The standard InChI is InChI=1S/C16H30N2O/c1-13-8-10-18(11-9-13)14(2)12-17-16(19)15-6-4-3-5-7-15/h13-15H,3-12H2,1-2H3,(H,17,19). The minimum atomic E-state index is 0.294. The Hall–Kier alpha value is -0.570. The highest BCUT2D eigenvalue weighted by molar-refractivity contribution is 5.78. The van der Waals surface area contributed by atoms with E-state index >= 15 is 0 Å². The molecule has 1 amide bonds. The summed E-state index contributed by atoms with van der Waals surface area (Å²) >= 11 is 0. The van der Waals surface area contributed by atoms with Gasteiger partial charge in [0.1, 0.15) is 0 Å². The first-order valence-electron chi connectivity index (χ1n) is 8.18. The molecule has 1 saturated heterocycles. The van der Waals surface area contributed by atoms with Crippen molar-refractivity contribution < 1.29 is 4.79 Å². The number of hydrogen-bond acceptors (Lipinski definition) is 2. The van der Waals surface area contributed by atoms with E-state index in [0.29, 0.717) is 17.9 Å². The molecule has 0 aromatic heterocycles. The van der Waals surface area contributed by atoms with E-state index in [4.69, 9.17) is 0 Å². The maximum atomic E-state index is 12.1. The number of carbonyl (C=O) groups is 1. The highest BCUT2D eigenvalue weighted by Gasteiger charge is 2.23. The average Bonchev–Trinajstić information content (AvgIpc) is 2.46. The molecule has 0 aromatic rings. The number of amides is 1. The first-order valence-corrected chi connectivity index (χ1v) is 8.18. The summed E-state index contributed by atoms with van der Waals surface area (Å²) in [6.07, 6.45) is 8.59. The fourth-order valence-electron chi connectivity index (χ4n) is 3.36. The van der Waals surface area contributed by atoms with Crippen LogP contribution in [-0.2, 0) is 4.79 Å². The van der Waals surface area contributed by atoms with Crippen LogP contribution >= 0.6 is 0 Å². The van der Waals surface area contributed by atoms with Crippen molar-refractivity contribution in [1.29, 1.82) is 0 Å². The zero-order valence-corrected chi connectivity index (χ0v) is 12.7. The second kappa shape index (κ2) is 7.28. The Labute approximate surface area is 118 Å². The van der Waals surface area contributed by atoms with Crippen LogP contribution in [0.3, 0.4) is 0 Å². The van der Waals surface area contributed by atoms with Crippen LogP contribution in [0.4, 0.5) is 0 Å². The van der Waals surface area contributed by atoms with E-state index in [2.05, 4.69) is 24.1 Å². The van der Waals surface area contributed by atoms with Crippen LogP contribution in [0, 0.1) is 11.8 Å². The molecule has 0 spiro atoms. The number of carbonyl (C=O) groups excluding carboxylic acids is 1. The van der Waals surface area contributed by atoms with Crippen LogP contribution < -0.4 is 5.32 Å². The van der Waals surface area contributed by atoms with E-state index in [0.717, 1.165) is 25.3 Å². The van der Waals surface area contributed by atoms with Crippen molar-refractivity contribution in [2.45, 2.75) is 64.8 Å². The zero-order valence-electron chi connectivity index (χ0n) is 12.7. The van der Waals surface area contributed by atoms with E-state index in [1.165, 1.54) is 45.2 Å². The lowest BCUT2D eigenvalue weighted by molar-refractivity contribution is -0.126. The molecule has 3 heteroatoms. The van der Waals surface area contributed by atoms with Crippen LogP contribution in [0.25, 0.3) is 0 Å². The lowest BCUT2D eigenvalue weighted by Crippen LogP contribution is -2.46. The van der Waals surface area contributed by atoms with Gasteiger partial charge in [-0.2, -0.15) is 0 Å². The van der Waals surface area contributed by atoms with Crippen molar-refractivity contribution in [3.63, 3.8) is 0 Å². The predicted molar refractivity (Wildman–Crippen MR) is 79.0 cm³/mol. The maximum absolute atomic E-state index is 12.1. The molecule has 1 N–H and O–H groups in total. The van der Waals surface area contributed by atoms with Gasteiger partial charge >= 0.3 is 0 Å². The van der Waals surface area contributed by atoms with Crippen molar-refractivity contribution in [3.8, 4) is 0 Å². The summed E-state index contributed by atoms with van der Waals surface area (Å²) in [5.41, 5.74) is 0. The second-order valence-corrected chi connectivity index (χ2v) is 6.65. The molecule has 0 bridgehead atoms. The largest absolute Gasteiger partial charge is 0.354 e. The minimum Gasteiger partial charge on any atom is -0.354 e. The molecular formula is C16H30N2O. The lowest BCUT2D eigenvalue weighted by atomic mass is 9.88. The van der Waals surface area contributed by atoms with Gasteiger partial charge in [-0.15, -0.1) is 0 Å². The Balaban J connectivity index is 1.67. The Kier molecular flexibility index (Phi) is 5.68. The van der Waals surface area contributed by atoms with Gasteiger partial charge in [-0.1, -0.05) is 26.2 Å². The molecule has 19 heavy (non-hydrogen) atoms. The van der Waals surface area contributed by atoms with Gasteiger partial charge in [-0.05, 0) is 51.6 Å². The van der Waals surface area contributed by atoms with E-state index in [-0.39, 0.29) is 0 Å². The topological polar surface area (TPSA) is 32.3 Å². The summed E-state index contributed by atoms with van der Waals surface area (Å²) in [6.45, 7) is 7.80. The fourth-order valence-corrected chi connectivity index (χ4v) is 3.36. The lowest BCUT2D eigenvalue weighted by Gasteiger charge is -2.35. The molecule has 1 saturated carbocycles. The zero-order chi connectivity index (χ0) is 13.7. The monoisotopic (exact) mass is 266 g/mol.